The molecule has 6 aromatic carbocycles. The minimum absolute atomic E-state index is 0.189. The first kappa shape index (κ1) is 35.5. The van der Waals surface area contributed by atoms with Gasteiger partial charge < -0.3 is 18.9 Å². The van der Waals surface area contributed by atoms with E-state index in [1.807, 2.05) is 12.1 Å². The molecule has 1 unspecified atom stereocenters. The van der Waals surface area contributed by atoms with Crippen LogP contribution in [0, 0.1) is 0 Å². The summed E-state index contributed by atoms with van der Waals surface area (Å²) in [6, 6.07) is 41.1. The summed E-state index contributed by atoms with van der Waals surface area (Å²) in [5, 5.41) is 2.23. The van der Waals surface area contributed by atoms with Gasteiger partial charge >= 0.3 is 0 Å². The van der Waals surface area contributed by atoms with E-state index in [0.717, 1.165) is 83.4 Å². The van der Waals surface area contributed by atoms with Gasteiger partial charge in [0.05, 0.1) is 20.8 Å². The Labute approximate surface area is 320 Å². The molecule has 1 aliphatic heterocycles. The lowest BCUT2D eigenvalue weighted by molar-refractivity contribution is 0.163. The van der Waals surface area contributed by atoms with Crippen LogP contribution in [0.25, 0.3) is 39.1 Å². The molecule has 0 amide bonds. The fourth-order valence-corrected chi connectivity index (χ4v) is 9.07. The number of hydrogen-bond acceptors (Lipinski definition) is 4. The van der Waals surface area contributed by atoms with E-state index >= 15 is 0 Å². The van der Waals surface area contributed by atoms with E-state index < -0.39 is 5.60 Å². The summed E-state index contributed by atoms with van der Waals surface area (Å²) in [6.45, 7) is 7.53. The molecule has 274 valence electrons. The Morgan fingerprint density at radius 3 is 1.93 bits per heavy atom. The van der Waals surface area contributed by atoms with Crippen LogP contribution in [-0.4, -0.2) is 20.8 Å². The predicted molar refractivity (Wildman–Crippen MR) is 222 cm³/mol. The number of fused-ring (bicyclic) bond motifs is 8. The molecular weight excluding hydrogens is 665 g/mol. The average Bonchev–Trinajstić information content (AvgIpc) is 3.50. The van der Waals surface area contributed by atoms with Gasteiger partial charge in [0, 0.05) is 27.5 Å². The second-order valence-electron chi connectivity index (χ2n) is 14.7. The maximum Gasteiger partial charge on any atom is 0.178 e. The molecule has 1 heterocycles. The highest BCUT2D eigenvalue weighted by Gasteiger charge is 2.48. The Bertz CT molecular complexity index is 2300. The Balaban J connectivity index is 1.39. The van der Waals surface area contributed by atoms with Gasteiger partial charge in [-0.05, 0) is 113 Å². The molecule has 0 fully saturated rings. The van der Waals surface area contributed by atoms with Crippen molar-refractivity contribution in [3.63, 3.8) is 0 Å². The lowest BCUT2D eigenvalue weighted by atomic mass is 9.69. The predicted octanol–water partition coefficient (Wildman–Crippen LogP) is 12.9. The van der Waals surface area contributed by atoms with Crippen molar-refractivity contribution in [2.75, 3.05) is 20.8 Å². The highest BCUT2D eigenvalue weighted by Crippen LogP contribution is 2.61. The summed E-state index contributed by atoms with van der Waals surface area (Å²) in [5.74, 6) is 3.41. The minimum Gasteiger partial charge on any atom is -0.497 e. The molecule has 4 heteroatoms. The van der Waals surface area contributed by atoms with E-state index in [9.17, 15) is 0 Å². The molecule has 8 rings (SSSR count). The maximum absolute atomic E-state index is 7.65. The molecule has 54 heavy (non-hydrogen) atoms. The molecule has 0 bridgehead atoms. The van der Waals surface area contributed by atoms with E-state index in [1.165, 1.54) is 38.9 Å². The van der Waals surface area contributed by atoms with Crippen molar-refractivity contribution in [2.45, 2.75) is 70.3 Å². The summed E-state index contributed by atoms with van der Waals surface area (Å²) in [7, 11) is 3.46. The first-order chi connectivity index (χ1) is 26.5. The van der Waals surface area contributed by atoms with Crippen LogP contribution < -0.4 is 18.9 Å². The van der Waals surface area contributed by atoms with Crippen LogP contribution in [0.1, 0.15) is 87.1 Å². The second kappa shape index (κ2) is 14.7. The lowest BCUT2D eigenvalue weighted by Gasteiger charge is -2.40. The van der Waals surface area contributed by atoms with Crippen LogP contribution in [-0.2, 0) is 11.0 Å². The highest BCUT2D eigenvalue weighted by atomic mass is 16.5. The lowest BCUT2D eigenvalue weighted by Crippen LogP contribution is -2.35. The zero-order chi connectivity index (χ0) is 37.3. The zero-order valence-electron chi connectivity index (χ0n) is 32.2. The molecule has 2 aliphatic rings. The molecule has 4 nitrogen and oxygen atoms in total. The van der Waals surface area contributed by atoms with Crippen molar-refractivity contribution in [1.29, 1.82) is 0 Å². The van der Waals surface area contributed by atoms with Gasteiger partial charge in [-0.25, -0.2) is 0 Å². The van der Waals surface area contributed by atoms with Crippen LogP contribution in [0.5, 0.6) is 23.0 Å². The normalized spacial score (nSPS) is 16.3. The van der Waals surface area contributed by atoms with Crippen molar-refractivity contribution in [3.8, 4) is 45.3 Å². The van der Waals surface area contributed by atoms with E-state index in [4.69, 9.17) is 18.9 Å². The summed E-state index contributed by atoms with van der Waals surface area (Å²) >= 11 is 0. The van der Waals surface area contributed by atoms with Crippen LogP contribution in [0.3, 0.4) is 0 Å². The van der Waals surface area contributed by atoms with E-state index in [1.54, 1.807) is 14.2 Å². The van der Waals surface area contributed by atoms with Gasteiger partial charge in [0.1, 0.15) is 23.0 Å². The van der Waals surface area contributed by atoms with Gasteiger partial charge in [-0.1, -0.05) is 113 Å². The van der Waals surface area contributed by atoms with Crippen LogP contribution in [0.15, 0.2) is 121 Å². The van der Waals surface area contributed by atoms with Crippen LogP contribution >= 0.6 is 0 Å². The van der Waals surface area contributed by atoms with Crippen molar-refractivity contribution in [2.24, 2.45) is 0 Å². The van der Waals surface area contributed by atoms with E-state index in [-0.39, 0.29) is 5.41 Å². The minimum atomic E-state index is -0.896. The smallest absolute Gasteiger partial charge is 0.178 e. The topological polar surface area (TPSA) is 36.9 Å². The zero-order valence-corrected chi connectivity index (χ0v) is 32.2. The van der Waals surface area contributed by atoms with Gasteiger partial charge in [-0.2, -0.15) is 0 Å². The summed E-state index contributed by atoms with van der Waals surface area (Å²) < 4.78 is 25.2. The second-order valence-corrected chi connectivity index (χ2v) is 14.7. The van der Waals surface area contributed by atoms with Gasteiger partial charge in [0.2, 0.25) is 0 Å². The third kappa shape index (κ3) is 5.84. The summed E-state index contributed by atoms with van der Waals surface area (Å²) in [4.78, 5) is 0. The molecule has 0 N–H and O–H groups in total. The fourth-order valence-electron chi connectivity index (χ4n) is 9.07. The Kier molecular flexibility index (Phi) is 9.70. The Hall–Kier alpha value is -5.48. The molecule has 6 aromatic rings. The first-order valence-electron chi connectivity index (χ1n) is 19.6. The van der Waals surface area contributed by atoms with Gasteiger partial charge in [-0.3, -0.25) is 0 Å². The molecular formula is C50H50O4. The van der Waals surface area contributed by atoms with E-state index in [0.29, 0.717) is 6.61 Å². The third-order valence-electron chi connectivity index (χ3n) is 11.6. The standard InChI is InChI=1S/C50H50O4/c1-6-9-31-53-39-22-18-37(19-23-39)50(36-16-20-38(51-4)21-17-36)30-27-43-47-46(44-33-40(52-5)24-26-41(44)48(43)54-50)42-25-15-35(34-13-11-10-12-14-34)32-45(42)49(47,28-7-2)29-8-3/h10-27,30,32-33H,6-9,28-29,31H2,1-5H3. The number of rotatable bonds is 13. The Morgan fingerprint density at radius 1 is 0.611 bits per heavy atom. The average molecular weight is 715 g/mol. The molecule has 0 radical (unpaired) electrons. The number of unbranched alkanes of at least 4 members (excludes halogenated alkanes) is 1. The van der Waals surface area contributed by atoms with Crippen LogP contribution in [0.2, 0.25) is 0 Å². The molecule has 0 saturated heterocycles. The SMILES string of the molecule is CCCCOc1ccc(C2(c3ccc(OC)cc3)C=Cc3c4c(c5cc(OC)ccc5c3O2)-c2ccc(-c3ccccc3)cc2C4(CCC)CCC)cc1. The largest absolute Gasteiger partial charge is 0.497 e. The molecule has 0 spiro atoms. The quantitative estimate of drug-likeness (QED) is 0.112. The molecule has 1 atom stereocenters. The van der Waals surface area contributed by atoms with E-state index in [2.05, 4.69) is 136 Å². The first-order valence-corrected chi connectivity index (χ1v) is 19.6. The number of benzene rings is 6. The van der Waals surface area contributed by atoms with Crippen molar-refractivity contribution < 1.29 is 18.9 Å². The summed E-state index contributed by atoms with van der Waals surface area (Å²) in [6.07, 6.45) is 11.0. The molecule has 0 saturated carbocycles. The fraction of sp³-hybridized carbons (Fsp3) is 0.280. The number of methoxy groups -OCH3 is 2. The summed E-state index contributed by atoms with van der Waals surface area (Å²) in [5.41, 5.74) is 10.0. The van der Waals surface area contributed by atoms with Crippen LogP contribution in [0.4, 0.5) is 0 Å². The van der Waals surface area contributed by atoms with Gasteiger partial charge in [0.15, 0.2) is 5.60 Å². The number of hydrogen-bond donors (Lipinski definition) is 0. The molecule has 0 aromatic heterocycles. The number of ether oxygens (including phenoxy) is 4. The molecule has 1 aliphatic carbocycles. The Morgan fingerprint density at radius 2 is 1.28 bits per heavy atom. The maximum atomic E-state index is 7.65. The van der Waals surface area contributed by atoms with Crippen molar-refractivity contribution in [3.05, 3.63) is 149 Å². The monoisotopic (exact) mass is 714 g/mol. The van der Waals surface area contributed by atoms with Crippen molar-refractivity contribution in [1.82, 2.24) is 0 Å². The van der Waals surface area contributed by atoms with Crippen molar-refractivity contribution >= 4 is 16.8 Å². The van der Waals surface area contributed by atoms with Gasteiger partial charge in [-0.15, -0.1) is 0 Å². The third-order valence-corrected chi connectivity index (χ3v) is 11.6. The highest BCUT2D eigenvalue weighted by molar-refractivity contribution is 6.09. The van der Waals surface area contributed by atoms with Gasteiger partial charge in [0.25, 0.3) is 0 Å².